The Kier molecular flexibility index (Phi) is 5.35. The van der Waals surface area contributed by atoms with Crippen LogP contribution in [0.15, 0.2) is 30.7 Å². The monoisotopic (exact) mass is 441 g/mol. The fourth-order valence-electron chi connectivity index (χ4n) is 4.26. The molecule has 31 heavy (non-hydrogen) atoms. The zero-order chi connectivity index (χ0) is 22.3. The SMILES string of the molecule is CC.CC(=O)N1CC2(C1)CN(c1ncc(-c3cc4c(C(=O)O)c[nH]c4cc3Cl)cn1)C2. The van der Waals surface area contributed by atoms with E-state index in [2.05, 4.69) is 19.9 Å². The number of anilines is 1. The van der Waals surface area contributed by atoms with Gasteiger partial charge in [0.25, 0.3) is 0 Å². The molecular weight excluding hydrogens is 418 g/mol. The number of rotatable bonds is 3. The minimum Gasteiger partial charge on any atom is -0.478 e. The summed E-state index contributed by atoms with van der Waals surface area (Å²) in [6.45, 7) is 8.88. The van der Waals surface area contributed by atoms with E-state index >= 15 is 0 Å². The first-order valence-electron chi connectivity index (χ1n) is 10.2. The van der Waals surface area contributed by atoms with Gasteiger partial charge in [0, 0.05) is 79.1 Å². The predicted octanol–water partition coefficient (Wildman–Crippen LogP) is 3.67. The first kappa shape index (κ1) is 21.1. The van der Waals surface area contributed by atoms with Gasteiger partial charge in [-0.05, 0) is 12.1 Å². The lowest BCUT2D eigenvalue weighted by Crippen LogP contribution is -2.73. The van der Waals surface area contributed by atoms with Gasteiger partial charge in [0.1, 0.15) is 0 Å². The number of H-pyrrole nitrogens is 1. The number of aromatic nitrogens is 3. The molecule has 0 unspecified atom stereocenters. The van der Waals surface area contributed by atoms with Crippen LogP contribution in [0, 0.1) is 5.41 Å². The molecule has 1 spiro atoms. The van der Waals surface area contributed by atoms with Crippen molar-refractivity contribution in [3.8, 4) is 11.1 Å². The van der Waals surface area contributed by atoms with Gasteiger partial charge in [-0.1, -0.05) is 25.4 Å². The number of carboxylic acids is 1. The minimum atomic E-state index is -0.998. The lowest BCUT2D eigenvalue weighted by atomic mass is 9.73. The number of benzene rings is 1. The van der Waals surface area contributed by atoms with Gasteiger partial charge in [-0.2, -0.15) is 0 Å². The molecule has 2 aliphatic heterocycles. The Balaban J connectivity index is 0.00000112. The number of hydrogen-bond acceptors (Lipinski definition) is 5. The highest BCUT2D eigenvalue weighted by molar-refractivity contribution is 6.34. The van der Waals surface area contributed by atoms with Gasteiger partial charge in [0.2, 0.25) is 11.9 Å². The topological polar surface area (TPSA) is 102 Å². The second-order valence-electron chi connectivity index (χ2n) is 7.89. The van der Waals surface area contributed by atoms with E-state index in [0.29, 0.717) is 27.4 Å². The number of aromatic amines is 1. The van der Waals surface area contributed by atoms with Crippen molar-refractivity contribution < 1.29 is 14.7 Å². The van der Waals surface area contributed by atoms with Crippen LogP contribution in [-0.4, -0.2) is 63.0 Å². The maximum absolute atomic E-state index is 11.4. The van der Waals surface area contributed by atoms with Crippen LogP contribution in [0.1, 0.15) is 31.1 Å². The number of carbonyl (C=O) groups excluding carboxylic acids is 1. The highest BCUT2D eigenvalue weighted by Crippen LogP contribution is 2.41. The summed E-state index contributed by atoms with van der Waals surface area (Å²) in [5, 5.41) is 10.4. The van der Waals surface area contributed by atoms with Gasteiger partial charge < -0.3 is 19.9 Å². The molecular formula is C22H24ClN5O3. The molecule has 2 N–H and O–H groups in total. The molecule has 2 aliphatic rings. The first-order valence-corrected chi connectivity index (χ1v) is 10.6. The largest absolute Gasteiger partial charge is 0.478 e. The molecule has 0 radical (unpaired) electrons. The number of nitrogens with zero attached hydrogens (tertiary/aromatic N) is 4. The zero-order valence-electron chi connectivity index (χ0n) is 17.6. The van der Waals surface area contributed by atoms with Crippen LogP contribution in [0.25, 0.3) is 22.0 Å². The summed E-state index contributed by atoms with van der Waals surface area (Å²) in [5.41, 5.74) is 2.45. The maximum atomic E-state index is 11.4. The number of halogens is 1. The molecule has 2 saturated heterocycles. The van der Waals surface area contributed by atoms with Crippen LogP contribution in [0.2, 0.25) is 5.02 Å². The zero-order valence-corrected chi connectivity index (χ0v) is 18.4. The van der Waals surface area contributed by atoms with Crippen LogP contribution in [0.4, 0.5) is 5.95 Å². The van der Waals surface area contributed by atoms with E-state index < -0.39 is 5.97 Å². The first-order chi connectivity index (χ1) is 14.8. The molecule has 0 bridgehead atoms. The van der Waals surface area contributed by atoms with E-state index in [1.807, 2.05) is 18.7 Å². The van der Waals surface area contributed by atoms with Crippen molar-refractivity contribution in [1.29, 1.82) is 0 Å². The van der Waals surface area contributed by atoms with E-state index in [1.165, 1.54) is 6.20 Å². The molecule has 3 aromatic rings. The molecule has 0 atom stereocenters. The third kappa shape index (κ3) is 3.61. The smallest absolute Gasteiger partial charge is 0.337 e. The Morgan fingerprint density at radius 1 is 1.13 bits per heavy atom. The number of hydrogen-bond donors (Lipinski definition) is 2. The standard InChI is InChI=1S/C20H18ClN5O3.C2H6/c1-11(27)25-7-20(8-25)9-26(10-20)19-23-4-12(5-24-19)13-2-14-15(18(28)29)6-22-17(14)3-16(13)21;1-2/h2-6,22H,7-10H2,1H3,(H,28,29);1-2H3. The molecule has 0 saturated carbocycles. The van der Waals surface area contributed by atoms with E-state index in [1.54, 1.807) is 31.5 Å². The molecule has 1 amide bonds. The van der Waals surface area contributed by atoms with Gasteiger partial charge in [-0.3, -0.25) is 4.79 Å². The number of aromatic carboxylic acids is 1. The minimum absolute atomic E-state index is 0.122. The summed E-state index contributed by atoms with van der Waals surface area (Å²) in [5.74, 6) is -0.232. The molecule has 9 heteroatoms. The van der Waals surface area contributed by atoms with Crippen LogP contribution in [0.3, 0.4) is 0 Å². The van der Waals surface area contributed by atoms with E-state index in [9.17, 15) is 14.7 Å². The van der Waals surface area contributed by atoms with Gasteiger partial charge in [0.05, 0.1) is 10.6 Å². The summed E-state index contributed by atoms with van der Waals surface area (Å²) in [6, 6.07) is 3.46. The van der Waals surface area contributed by atoms with Crippen LogP contribution >= 0.6 is 11.6 Å². The molecule has 5 rings (SSSR count). The van der Waals surface area contributed by atoms with Crippen molar-refractivity contribution in [1.82, 2.24) is 19.9 Å². The van der Waals surface area contributed by atoms with E-state index in [-0.39, 0.29) is 16.9 Å². The van der Waals surface area contributed by atoms with Crippen molar-refractivity contribution in [3.63, 3.8) is 0 Å². The predicted molar refractivity (Wildman–Crippen MR) is 120 cm³/mol. The molecule has 2 aromatic heterocycles. The van der Waals surface area contributed by atoms with E-state index in [4.69, 9.17) is 11.6 Å². The van der Waals surface area contributed by atoms with Gasteiger partial charge in [-0.15, -0.1) is 0 Å². The van der Waals surface area contributed by atoms with Crippen molar-refractivity contribution in [3.05, 3.63) is 41.3 Å². The maximum Gasteiger partial charge on any atom is 0.337 e. The Bertz CT molecular complexity index is 1140. The molecule has 1 aromatic carbocycles. The normalized spacial score (nSPS) is 16.4. The van der Waals surface area contributed by atoms with Gasteiger partial charge in [-0.25, -0.2) is 14.8 Å². The summed E-state index contributed by atoms with van der Waals surface area (Å²) < 4.78 is 0. The fraction of sp³-hybridized carbons (Fsp3) is 0.364. The Labute approximate surface area is 184 Å². The molecule has 162 valence electrons. The molecule has 4 heterocycles. The number of fused-ring (bicyclic) bond motifs is 1. The fourth-order valence-corrected chi connectivity index (χ4v) is 4.53. The Hall–Kier alpha value is -3.13. The van der Waals surface area contributed by atoms with Crippen molar-refractivity contribution in [2.45, 2.75) is 20.8 Å². The molecule has 8 nitrogen and oxygen atoms in total. The summed E-state index contributed by atoms with van der Waals surface area (Å²) in [6.07, 6.45) is 4.87. The van der Waals surface area contributed by atoms with Crippen molar-refractivity contribution >= 4 is 40.3 Å². The average Bonchev–Trinajstić information content (AvgIpc) is 3.10. The number of nitrogens with one attached hydrogen (secondary N) is 1. The molecule has 2 fully saturated rings. The quantitative estimate of drug-likeness (QED) is 0.642. The highest BCUT2D eigenvalue weighted by Gasteiger charge is 2.53. The second kappa shape index (κ2) is 7.85. The number of amides is 1. The highest BCUT2D eigenvalue weighted by atomic mass is 35.5. The number of carbonyl (C=O) groups is 2. The average molecular weight is 442 g/mol. The number of carboxylic acid groups (broad SMARTS) is 1. The van der Waals surface area contributed by atoms with E-state index in [0.717, 1.165) is 31.7 Å². The molecule has 0 aliphatic carbocycles. The Morgan fingerprint density at radius 2 is 1.77 bits per heavy atom. The van der Waals surface area contributed by atoms with Crippen molar-refractivity contribution in [2.24, 2.45) is 5.41 Å². The van der Waals surface area contributed by atoms with Crippen LogP contribution in [-0.2, 0) is 4.79 Å². The number of likely N-dealkylation sites (tertiary alicyclic amines) is 1. The second-order valence-corrected chi connectivity index (χ2v) is 8.30. The van der Waals surface area contributed by atoms with Crippen molar-refractivity contribution in [2.75, 3.05) is 31.1 Å². The van der Waals surface area contributed by atoms with Gasteiger partial charge in [0.15, 0.2) is 0 Å². The third-order valence-electron chi connectivity index (χ3n) is 5.78. The summed E-state index contributed by atoms with van der Waals surface area (Å²) >= 11 is 6.40. The lowest BCUT2D eigenvalue weighted by Gasteiger charge is -2.59. The lowest BCUT2D eigenvalue weighted by molar-refractivity contribution is -0.142. The Morgan fingerprint density at radius 3 is 2.35 bits per heavy atom. The summed E-state index contributed by atoms with van der Waals surface area (Å²) in [7, 11) is 0. The summed E-state index contributed by atoms with van der Waals surface area (Å²) in [4.78, 5) is 38.6. The van der Waals surface area contributed by atoms with Crippen LogP contribution < -0.4 is 4.90 Å². The van der Waals surface area contributed by atoms with Crippen LogP contribution in [0.5, 0.6) is 0 Å². The third-order valence-corrected chi connectivity index (χ3v) is 6.09. The van der Waals surface area contributed by atoms with Gasteiger partial charge >= 0.3 is 5.97 Å².